The highest BCUT2D eigenvalue weighted by Gasteiger charge is 2.27. The van der Waals surface area contributed by atoms with E-state index in [-0.39, 0.29) is 5.92 Å². The van der Waals surface area contributed by atoms with E-state index < -0.39 is 9.84 Å². The predicted molar refractivity (Wildman–Crippen MR) is 61.3 cm³/mol. The molecule has 0 saturated carbocycles. The lowest BCUT2D eigenvalue weighted by Crippen LogP contribution is -2.07. The van der Waals surface area contributed by atoms with E-state index in [4.69, 9.17) is 5.73 Å². The largest absolute Gasteiger partial charge is 0.399 e. The second-order valence-corrected chi connectivity index (χ2v) is 6.45. The molecule has 2 rings (SSSR count). The van der Waals surface area contributed by atoms with E-state index in [1.807, 2.05) is 24.3 Å². The van der Waals surface area contributed by atoms with Gasteiger partial charge in [0.2, 0.25) is 0 Å². The van der Waals surface area contributed by atoms with Crippen LogP contribution in [0, 0.1) is 5.92 Å². The maximum atomic E-state index is 11.3. The van der Waals surface area contributed by atoms with Crippen LogP contribution in [0.4, 0.5) is 5.69 Å². The second kappa shape index (κ2) is 3.85. The molecule has 2 N–H and O–H groups in total. The molecule has 0 aliphatic carbocycles. The third-order valence-electron chi connectivity index (χ3n) is 2.80. The van der Waals surface area contributed by atoms with Crippen LogP contribution >= 0.6 is 0 Å². The average Bonchev–Trinajstić information content (AvgIpc) is 2.45. The van der Waals surface area contributed by atoms with Crippen LogP contribution in [0.3, 0.4) is 0 Å². The molecule has 1 atom stereocenters. The average molecular weight is 225 g/mol. The first-order valence-corrected chi connectivity index (χ1v) is 6.92. The van der Waals surface area contributed by atoms with E-state index in [2.05, 4.69) is 0 Å². The molecule has 0 amide bonds. The van der Waals surface area contributed by atoms with E-state index in [0.29, 0.717) is 11.5 Å². The normalized spacial score (nSPS) is 24.1. The lowest BCUT2D eigenvalue weighted by Gasteiger charge is -2.07. The van der Waals surface area contributed by atoms with E-state index in [0.717, 1.165) is 24.1 Å². The molecule has 1 fully saturated rings. The molecule has 1 aromatic carbocycles. The fourth-order valence-electron chi connectivity index (χ4n) is 2.09. The van der Waals surface area contributed by atoms with Crippen LogP contribution in [0.15, 0.2) is 24.3 Å². The lowest BCUT2D eigenvalue weighted by atomic mass is 9.99. The minimum absolute atomic E-state index is 0.275. The van der Waals surface area contributed by atoms with E-state index in [1.165, 1.54) is 0 Å². The van der Waals surface area contributed by atoms with Gasteiger partial charge >= 0.3 is 0 Å². The van der Waals surface area contributed by atoms with Crippen molar-refractivity contribution < 1.29 is 8.42 Å². The first-order valence-electron chi connectivity index (χ1n) is 5.10. The number of hydrogen-bond acceptors (Lipinski definition) is 3. The Bertz CT molecular complexity index is 453. The highest BCUT2D eigenvalue weighted by Crippen LogP contribution is 2.23. The van der Waals surface area contributed by atoms with Crippen LogP contribution in [-0.4, -0.2) is 19.9 Å². The Balaban J connectivity index is 2.05. The zero-order chi connectivity index (χ0) is 10.9. The molecule has 1 heterocycles. The van der Waals surface area contributed by atoms with Gasteiger partial charge in [-0.1, -0.05) is 12.1 Å². The van der Waals surface area contributed by atoms with Crippen molar-refractivity contribution >= 4 is 15.5 Å². The van der Waals surface area contributed by atoms with Gasteiger partial charge in [0.1, 0.15) is 0 Å². The summed E-state index contributed by atoms with van der Waals surface area (Å²) in [5, 5.41) is 0. The molecule has 4 heteroatoms. The Morgan fingerprint density at radius 2 is 2.20 bits per heavy atom. The topological polar surface area (TPSA) is 60.2 Å². The maximum Gasteiger partial charge on any atom is 0.150 e. The SMILES string of the molecule is Nc1cccc(CC2CCS(=O)(=O)C2)c1. The number of anilines is 1. The summed E-state index contributed by atoms with van der Waals surface area (Å²) in [5.41, 5.74) is 7.55. The van der Waals surface area contributed by atoms with Gasteiger partial charge in [0.25, 0.3) is 0 Å². The monoisotopic (exact) mass is 225 g/mol. The standard InChI is InChI=1S/C11H15NO2S/c12-11-3-1-2-9(7-11)6-10-4-5-15(13,14)8-10/h1-3,7,10H,4-6,8,12H2. The van der Waals surface area contributed by atoms with Crippen LogP contribution < -0.4 is 5.73 Å². The second-order valence-electron chi connectivity index (χ2n) is 4.22. The van der Waals surface area contributed by atoms with Crippen molar-refractivity contribution in [2.75, 3.05) is 17.2 Å². The minimum Gasteiger partial charge on any atom is -0.399 e. The first kappa shape index (κ1) is 10.5. The number of benzene rings is 1. The Morgan fingerprint density at radius 1 is 1.40 bits per heavy atom. The zero-order valence-corrected chi connectivity index (χ0v) is 9.33. The molecule has 1 aliphatic heterocycles. The molecule has 0 spiro atoms. The van der Waals surface area contributed by atoms with Gasteiger partial charge in [-0.3, -0.25) is 0 Å². The number of hydrogen-bond donors (Lipinski definition) is 1. The zero-order valence-electron chi connectivity index (χ0n) is 8.52. The maximum absolute atomic E-state index is 11.3. The number of sulfone groups is 1. The Morgan fingerprint density at radius 3 is 2.80 bits per heavy atom. The molecule has 3 nitrogen and oxygen atoms in total. The highest BCUT2D eigenvalue weighted by atomic mass is 32.2. The molecule has 0 aromatic heterocycles. The summed E-state index contributed by atoms with van der Waals surface area (Å²) in [5.74, 6) is 0.957. The fraction of sp³-hybridized carbons (Fsp3) is 0.455. The van der Waals surface area contributed by atoms with Gasteiger partial charge in [0.15, 0.2) is 9.84 Å². The summed E-state index contributed by atoms with van der Waals surface area (Å²) in [4.78, 5) is 0. The van der Waals surface area contributed by atoms with Crippen LogP contribution in [0.5, 0.6) is 0 Å². The Kier molecular flexibility index (Phi) is 2.69. The van der Waals surface area contributed by atoms with Crippen molar-refractivity contribution in [1.82, 2.24) is 0 Å². The van der Waals surface area contributed by atoms with E-state index in [9.17, 15) is 8.42 Å². The third kappa shape index (κ3) is 2.72. The first-order chi connectivity index (χ1) is 7.05. The summed E-state index contributed by atoms with van der Waals surface area (Å²) < 4.78 is 22.5. The fourth-order valence-corrected chi connectivity index (χ4v) is 3.95. The predicted octanol–water partition coefficient (Wildman–Crippen LogP) is 1.25. The van der Waals surface area contributed by atoms with Gasteiger partial charge in [-0.15, -0.1) is 0 Å². The number of nitrogen functional groups attached to an aromatic ring is 1. The van der Waals surface area contributed by atoms with E-state index in [1.54, 1.807) is 0 Å². The van der Waals surface area contributed by atoms with Crippen molar-refractivity contribution in [1.29, 1.82) is 0 Å². The van der Waals surface area contributed by atoms with Gasteiger partial charge in [-0.05, 0) is 36.5 Å². The van der Waals surface area contributed by atoms with Gasteiger partial charge < -0.3 is 5.73 Å². The van der Waals surface area contributed by atoms with Crippen LogP contribution in [0.2, 0.25) is 0 Å². The molecule has 1 aromatic rings. The van der Waals surface area contributed by atoms with Crippen LogP contribution in [-0.2, 0) is 16.3 Å². The van der Waals surface area contributed by atoms with Crippen molar-refractivity contribution in [2.24, 2.45) is 5.92 Å². The van der Waals surface area contributed by atoms with Crippen molar-refractivity contribution in [2.45, 2.75) is 12.8 Å². The van der Waals surface area contributed by atoms with Crippen LogP contribution in [0.1, 0.15) is 12.0 Å². The Hall–Kier alpha value is -1.03. The lowest BCUT2D eigenvalue weighted by molar-refractivity contribution is 0.583. The summed E-state index contributed by atoms with van der Waals surface area (Å²) in [6, 6.07) is 7.68. The smallest absolute Gasteiger partial charge is 0.150 e. The van der Waals surface area contributed by atoms with Gasteiger partial charge in [-0.2, -0.15) is 0 Å². The van der Waals surface area contributed by atoms with Gasteiger partial charge in [0, 0.05) is 5.69 Å². The molecule has 1 aliphatic rings. The summed E-state index contributed by atoms with van der Waals surface area (Å²) in [6.45, 7) is 0. The van der Waals surface area contributed by atoms with Crippen molar-refractivity contribution in [3.63, 3.8) is 0 Å². The van der Waals surface area contributed by atoms with Gasteiger partial charge in [0.05, 0.1) is 11.5 Å². The molecule has 0 radical (unpaired) electrons. The molecular weight excluding hydrogens is 210 g/mol. The minimum atomic E-state index is -2.76. The van der Waals surface area contributed by atoms with Crippen molar-refractivity contribution in [3.8, 4) is 0 Å². The third-order valence-corrected chi connectivity index (χ3v) is 4.64. The summed E-state index contributed by atoms with van der Waals surface area (Å²) >= 11 is 0. The molecule has 0 bridgehead atoms. The van der Waals surface area contributed by atoms with Crippen LogP contribution in [0.25, 0.3) is 0 Å². The quantitative estimate of drug-likeness (QED) is 0.770. The summed E-state index contributed by atoms with van der Waals surface area (Å²) in [7, 11) is -2.76. The number of nitrogens with two attached hydrogens (primary N) is 1. The Labute approximate surface area is 90.2 Å². The van der Waals surface area contributed by atoms with E-state index >= 15 is 0 Å². The molecule has 1 saturated heterocycles. The van der Waals surface area contributed by atoms with Gasteiger partial charge in [-0.25, -0.2) is 8.42 Å². The molecule has 82 valence electrons. The molecule has 15 heavy (non-hydrogen) atoms. The molecular formula is C11H15NO2S. The molecule has 1 unspecified atom stereocenters. The van der Waals surface area contributed by atoms with Crippen molar-refractivity contribution in [3.05, 3.63) is 29.8 Å². The summed E-state index contributed by atoms with van der Waals surface area (Å²) in [6.07, 6.45) is 1.61. The number of rotatable bonds is 2. The highest BCUT2D eigenvalue weighted by molar-refractivity contribution is 7.91.